The van der Waals surface area contributed by atoms with Gasteiger partial charge in [0.05, 0.1) is 17.7 Å². The maximum atomic E-state index is 12.7. The number of aromatic nitrogens is 2. The Morgan fingerprint density at radius 1 is 1.31 bits per heavy atom. The van der Waals surface area contributed by atoms with E-state index in [1.165, 1.54) is 0 Å². The monoisotopic (exact) mass is 354 g/mol. The zero-order chi connectivity index (χ0) is 18.8. The molecular formula is C20H26N4O2. The third kappa shape index (κ3) is 3.64. The Morgan fingerprint density at radius 2 is 2.00 bits per heavy atom. The molecule has 1 fully saturated rings. The zero-order valence-corrected chi connectivity index (χ0v) is 15.8. The topological polar surface area (TPSA) is 67.2 Å². The van der Waals surface area contributed by atoms with Gasteiger partial charge in [-0.15, -0.1) is 0 Å². The van der Waals surface area contributed by atoms with Gasteiger partial charge in [-0.1, -0.05) is 30.3 Å². The summed E-state index contributed by atoms with van der Waals surface area (Å²) in [6.07, 6.45) is 0.274. The molecule has 2 heterocycles. The van der Waals surface area contributed by atoms with Crippen LogP contribution in [0.2, 0.25) is 0 Å². The number of benzene rings is 1. The van der Waals surface area contributed by atoms with Gasteiger partial charge in [0.25, 0.3) is 0 Å². The minimum Gasteiger partial charge on any atom is -0.349 e. The van der Waals surface area contributed by atoms with E-state index in [1.807, 2.05) is 62.8 Å². The molecule has 2 unspecified atom stereocenters. The summed E-state index contributed by atoms with van der Waals surface area (Å²) in [6, 6.07) is 9.73. The molecule has 1 saturated heterocycles. The van der Waals surface area contributed by atoms with Crippen LogP contribution in [-0.2, 0) is 23.2 Å². The van der Waals surface area contributed by atoms with Crippen LogP contribution in [0.4, 0.5) is 0 Å². The van der Waals surface area contributed by atoms with Crippen molar-refractivity contribution in [1.82, 2.24) is 20.0 Å². The number of carbonyl (C=O) groups excluding carboxylic acids is 2. The summed E-state index contributed by atoms with van der Waals surface area (Å²) in [5.41, 5.74) is 4.10. The number of hydrogen-bond donors (Lipinski definition) is 1. The molecule has 138 valence electrons. The summed E-state index contributed by atoms with van der Waals surface area (Å²) in [5.74, 6) is -0.328. The molecule has 2 aromatic rings. The fourth-order valence-corrected chi connectivity index (χ4v) is 3.72. The average Bonchev–Trinajstić information content (AvgIpc) is 3.08. The van der Waals surface area contributed by atoms with Gasteiger partial charge in [0, 0.05) is 37.8 Å². The van der Waals surface area contributed by atoms with Crippen LogP contribution < -0.4 is 5.32 Å². The van der Waals surface area contributed by atoms with Gasteiger partial charge in [-0.25, -0.2) is 0 Å². The molecule has 6 heteroatoms. The molecular weight excluding hydrogens is 328 g/mol. The number of likely N-dealkylation sites (tertiary alicyclic amines) is 1. The quantitative estimate of drug-likeness (QED) is 0.896. The van der Waals surface area contributed by atoms with Crippen LogP contribution in [0.1, 0.15) is 41.9 Å². The zero-order valence-electron chi connectivity index (χ0n) is 15.8. The summed E-state index contributed by atoms with van der Waals surface area (Å²) in [6.45, 7) is 6.94. The number of nitrogens with zero attached hydrogens (tertiary/aromatic N) is 3. The minimum absolute atomic E-state index is 0.0374. The van der Waals surface area contributed by atoms with Crippen LogP contribution in [0.25, 0.3) is 0 Å². The van der Waals surface area contributed by atoms with E-state index >= 15 is 0 Å². The lowest BCUT2D eigenvalue weighted by Gasteiger charge is -2.19. The molecule has 2 amide bonds. The van der Waals surface area contributed by atoms with Crippen LogP contribution >= 0.6 is 0 Å². The van der Waals surface area contributed by atoms with E-state index < -0.39 is 0 Å². The Labute approximate surface area is 154 Å². The molecule has 0 saturated carbocycles. The highest BCUT2D eigenvalue weighted by Gasteiger charge is 2.35. The van der Waals surface area contributed by atoms with Crippen LogP contribution in [0.3, 0.4) is 0 Å². The highest BCUT2D eigenvalue weighted by atomic mass is 16.2. The number of carbonyl (C=O) groups is 2. The normalized spacial score (nSPS) is 18.2. The van der Waals surface area contributed by atoms with Gasteiger partial charge in [-0.05, 0) is 26.3 Å². The standard InChI is InChI=1S/C20H26N4O2/c1-13(19-14(2)22-23(4)15(19)3)21-20(26)17-10-18(25)24(12-17)11-16-8-6-5-7-9-16/h5-9,13,17H,10-12H2,1-4H3,(H,21,26). The Hall–Kier alpha value is -2.63. The molecule has 0 radical (unpaired) electrons. The van der Waals surface area contributed by atoms with Crippen molar-refractivity contribution in [3.8, 4) is 0 Å². The van der Waals surface area contributed by atoms with Crippen molar-refractivity contribution in [2.45, 2.75) is 39.8 Å². The van der Waals surface area contributed by atoms with Gasteiger partial charge in [0.15, 0.2) is 0 Å². The highest BCUT2D eigenvalue weighted by molar-refractivity contribution is 5.89. The lowest BCUT2D eigenvalue weighted by Crippen LogP contribution is -2.34. The third-order valence-electron chi connectivity index (χ3n) is 5.16. The van der Waals surface area contributed by atoms with E-state index in [9.17, 15) is 9.59 Å². The molecule has 3 rings (SSSR count). The highest BCUT2D eigenvalue weighted by Crippen LogP contribution is 2.24. The second-order valence-corrected chi connectivity index (χ2v) is 7.10. The SMILES string of the molecule is Cc1nn(C)c(C)c1C(C)NC(=O)C1CC(=O)N(Cc2ccccc2)C1. The molecule has 0 spiro atoms. The molecule has 1 N–H and O–H groups in total. The Balaban J connectivity index is 1.63. The fraction of sp³-hybridized carbons (Fsp3) is 0.450. The predicted octanol–water partition coefficient (Wildman–Crippen LogP) is 2.26. The smallest absolute Gasteiger partial charge is 0.225 e. The molecule has 0 bridgehead atoms. The lowest BCUT2D eigenvalue weighted by molar-refractivity contribution is -0.129. The molecule has 2 atom stereocenters. The van der Waals surface area contributed by atoms with Gasteiger partial charge in [0.1, 0.15) is 0 Å². The van der Waals surface area contributed by atoms with Gasteiger partial charge in [0.2, 0.25) is 11.8 Å². The summed E-state index contributed by atoms with van der Waals surface area (Å²) >= 11 is 0. The summed E-state index contributed by atoms with van der Waals surface area (Å²) < 4.78 is 1.83. The number of nitrogens with one attached hydrogen (secondary N) is 1. The van der Waals surface area contributed by atoms with Crippen molar-refractivity contribution in [3.05, 3.63) is 52.8 Å². The first-order valence-corrected chi connectivity index (χ1v) is 8.99. The maximum absolute atomic E-state index is 12.7. The van der Waals surface area contributed by atoms with Crippen molar-refractivity contribution in [2.24, 2.45) is 13.0 Å². The van der Waals surface area contributed by atoms with Gasteiger partial charge in [-0.2, -0.15) is 5.10 Å². The van der Waals surface area contributed by atoms with E-state index in [2.05, 4.69) is 10.4 Å². The summed E-state index contributed by atoms with van der Waals surface area (Å²) in [7, 11) is 1.90. The van der Waals surface area contributed by atoms with Crippen molar-refractivity contribution in [1.29, 1.82) is 0 Å². The number of aryl methyl sites for hydroxylation is 2. The third-order valence-corrected chi connectivity index (χ3v) is 5.16. The molecule has 0 aliphatic carbocycles. The lowest BCUT2D eigenvalue weighted by atomic mass is 10.0. The summed E-state index contributed by atoms with van der Waals surface area (Å²) in [5, 5.41) is 7.48. The van der Waals surface area contributed by atoms with Crippen LogP contribution in [-0.4, -0.2) is 33.0 Å². The van der Waals surface area contributed by atoms with Crippen molar-refractivity contribution in [3.63, 3.8) is 0 Å². The molecule has 6 nitrogen and oxygen atoms in total. The molecule has 26 heavy (non-hydrogen) atoms. The average molecular weight is 354 g/mol. The van der Waals surface area contributed by atoms with E-state index in [-0.39, 0.29) is 30.2 Å². The van der Waals surface area contributed by atoms with Crippen molar-refractivity contribution < 1.29 is 9.59 Å². The fourth-order valence-electron chi connectivity index (χ4n) is 3.72. The van der Waals surface area contributed by atoms with Crippen LogP contribution in [0.15, 0.2) is 30.3 Å². The summed E-state index contributed by atoms with van der Waals surface area (Å²) in [4.78, 5) is 26.7. The second-order valence-electron chi connectivity index (χ2n) is 7.10. The van der Waals surface area contributed by atoms with E-state index in [1.54, 1.807) is 4.90 Å². The first kappa shape index (κ1) is 18.2. The second kappa shape index (κ2) is 7.32. The minimum atomic E-state index is -0.300. The van der Waals surface area contributed by atoms with E-state index in [0.29, 0.717) is 13.1 Å². The first-order chi connectivity index (χ1) is 12.4. The number of rotatable bonds is 5. The first-order valence-electron chi connectivity index (χ1n) is 8.99. The van der Waals surface area contributed by atoms with Crippen molar-refractivity contribution in [2.75, 3.05) is 6.54 Å². The Kier molecular flexibility index (Phi) is 5.11. The van der Waals surface area contributed by atoms with Gasteiger partial charge in [-0.3, -0.25) is 14.3 Å². The van der Waals surface area contributed by atoms with Crippen LogP contribution in [0, 0.1) is 19.8 Å². The number of amides is 2. The van der Waals surface area contributed by atoms with Crippen LogP contribution in [0.5, 0.6) is 0 Å². The van der Waals surface area contributed by atoms with Crippen molar-refractivity contribution >= 4 is 11.8 Å². The molecule has 1 aliphatic rings. The Morgan fingerprint density at radius 3 is 2.62 bits per heavy atom. The Bertz CT molecular complexity index is 813. The van der Waals surface area contributed by atoms with Gasteiger partial charge < -0.3 is 10.2 Å². The maximum Gasteiger partial charge on any atom is 0.225 e. The largest absolute Gasteiger partial charge is 0.349 e. The van der Waals surface area contributed by atoms with Gasteiger partial charge >= 0.3 is 0 Å². The van der Waals surface area contributed by atoms with E-state index in [4.69, 9.17) is 0 Å². The number of hydrogen-bond acceptors (Lipinski definition) is 3. The molecule has 1 aromatic carbocycles. The van der Waals surface area contributed by atoms with E-state index in [0.717, 1.165) is 22.5 Å². The molecule has 1 aromatic heterocycles. The molecule has 1 aliphatic heterocycles. The predicted molar refractivity (Wildman–Crippen MR) is 99.2 cm³/mol.